The van der Waals surface area contributed by atoms with Crippen LogP contribution in [0, 0.1) is 0 Å². The standard InChI is InChI=1S/C43H74O11/c1-3-5-7-9-10-11-12-13-14-16-20-23-26-30-39(46)53-36(35-52-43-42(49)41(48)40(47)37(33-44)54-43)34-51-38(45)29-25-22-19-17-15-18-21-24-28-32-50-31-27-8-6-4-2/h6,8,21,24,27-28,31-32,36-37,40-44,47-49H,3-5,7,9-20,22-23,25-26,29-30,33-35H2,1-2H3/b8-6-,24-21-,31-27-,32-28+/t36-,37-,40+,41+,42-,43-/m1/s1. The van der Waals surface area contributed by atoms with Crippen LogP contribution in [0.25, 0.3) is 0 Å². The number of rotatable bonds is 34. The second-order valence-corrected chi connectivity index (χ2v) is 14.2. The van der Waals surface area contributed by atoms with Crippen molar-refractivity contribution in [3.63, 3.8) is 0 Å². The summed E-state index contributed by atoms with van der Waals surface area (Å²) >= 11 is 0. The van der Waals surface area contributed by atoms with E-state index in [0.717, 1.165) is 57.8 Å². The van der Waals surface area contributed by atoms with E-state index in [2.05, 4.69) is 19.9 Å². The van der Waals surface area contributed by atoms with Crippen LogP contribution in [0.15, 0.2) is 49.0 Å². The largest absolute Gasteiger partial charge is 0.473 e. The van der Waals surface area contributed by atoms with Crippen LogP contribution in [-0.2, 0) is 33.3 Å². The monoisotopic (exact) mass is 767 g/mol. The number of aliphatic hydroxyl groups excluding tert-OH is 4. The minimum atomic E-state index is -1.60. The second-order valence-electron chi connectivity index (χ2n) is 14.2. The quantitative estimate of drug-likeness (QED) is 0.0217. The van der Waals surface area contributed by atoms with Crippen molar-refractivity contribution in [1.82, 2.24) is 0 Å². The van der Waals surface area contributed by atoms with E-state index in [1.807, 2.05) is 30.4 Å². The highest BCUT2D eigenvalue weighted by molar-refractivity contribution is 5.70. The van der Waals surface area contributed by atoms with Crippen LogP contribution in [0.2, 0.25) is 0 Å². The first-order valence-corrected chi connectivity index (χ1v) is 20.9. The Balaban J connectivity index is 2.37. The number of ether oxygens (including phenoxy) is 5. The minimum absolute atomic E-state index is 0.220. The van der Waals surface area contributed by atoms with Crippen molar-refractivity contribution in [1.29, 1.82) is 0 Å². The summed E-state index contributed by atoms with van der Waals surface area (Å²) in [6.07, 6.45) is 29.4. The average molecular weight is 767 g/mol. The molecule has 11 heteroatoms. The van der Waals surface area contributed by atoms with E-state index in [4.69, 9.17) is 23.7 Å². The van der Waals surface area contributed by atoms with Crippen LogP contribution in [0.5, 0.6) is 0 Å². The van der Waals surface area contributed by atoms with E-state index < -0.39 is 55.4 Å². The Morgan fingerprint density at radius 3 is 1.74 bits per heavy atom. The van der Waals surface area contributed by atoms with Crippen LogP contribution >= 0.6 is 0 Å². The number of carbonyl (C=O) groups excluding carboxylic acids is 2. The third-order valence-electron chi connectivity index (χ3n) is 9.30. The van der Waals surface area contributed by atoms with Gasteiger partial charge >= 0.3 is 11.9 Å². The number of hydrogen-bond donors (Lipinski definition) is 4. The molecule has 11 nitrogen and oxygen atoms in total. The topological polar surface area (TPSA) is 161 Å². The van der Waals surface area contributed by atoms with Crippen molar-refractivity contribution in [2.24, 2.45) is 0 Å². The summed E-state index contributed by atoms with van der Waals surface area (Å²) in [5.41, 5.74) is 0. The van der Waals surface area contributed by atoms with Crippen LogP contribution in [0.3, 0.4) is 0 Å². The summed E-state index contributed by atoms with van der Waals surface area (Å²) in [6, 6.07) is 0. The highest BCUT2D eigenvalue weighted by Crippen LogP contribution is 2.22. The fourth-order valence-corrected chi connectivity index (χ4v) is 5.99. The molecule has 0 aliphatic carbocycles. The molecule has 0 aromatic carbocycles. The van der Waals surface area contributed by atoms with E-state index in [1.165, 1.54) is 57.8 Å². The van der Waals surface area contributed by atoms with Crippen LogP contribution in [0.4, 0.5) is 0 Å². The van der Waals surface area contributed by atoms with Crippen molar-refractivity contribution in [2.75, 3.05) is 19.8 Å². The Labute approximate surface area is 325 Å². The molecule has 1 rings (SSSR count). The first-order valence-electron chi connectivity index (χ1n) is 20.9. The fraction of sp³-hybridized carbons (Fsp3) is 0.767. The molecule has 0 aromatic rings. The molecule has 6 atom stereocenters. The van der Waals surface area contributed by atoms with Crippen molar-refractivity contribution < 1.29 is 53.7 Å². The smallest absolute Gasteiger partial charge is 0.306 e. The first-order chi connectivity index (χ1) is 26.3. The maximum absolute atomic E-state index is 12.7. The number of allylic oxidation sites excluding steroid dienone is 6. The fourth-order valence-electron chi connectivity index (χ4n) is 5.99. The molecule has 0 radical (unpaired) electrons. The maximum atomic E-state index is 12.7. The summed E-state index contributed by atoms with van der Waals surface area (Å²) in [4.78, 5) is 25.2. The second kappa shape index (κ2) is 34.9. The summed E-state index contributed by atoms with van der Waals surface area (Å²) in [6.45, 7) is 3.19. The normalized spacial score (nSPS) is 21.1. The van der Waals surface area contributed by atoms with Gasteiger partial charge in [0.2, 0.25) is 0 Å². The van der Waals surface area contributed by atoms with Crippen molar-refractivity contribution in [3.05, 3.63) is 49.0 Å². The molecule has 54 heavy (non-hydrogen) atoms. The maximum Gasteiger partial charge on any atom is 0.306 e. The summed E-state index contributed by atoms with van der Waals surface area (Å²) in [5.74, 6) is -0.850. The van der Waals surface area contributed by atoms with Crippen LogP contribution in [0.1, 0.15) is 155 Å². The van der Waals surface area contributed by atoms with Crippen molar-refractivity contribution in [2.45, 2.75) is 192 Å². The van der Waals surface area contributed by atoms with Gasteiger partial charge < -0.3 is 44.1 Å². The summed E-state index contributed by atoms with van der Waals surface area (Å²) in [5, 5.41) is 40.0. The van der Waals surface area contributed by atoms with Gasteiger partial charge in [-0.1, -0.05) is 134 Å². The molecular weight excluding hydrogens is 692 g/mol. The van der Waals surface area contributed by atoms with Gasteiger partial charge in [0.15, 0.2) is 12.4 Å². The molecule has 0 unspecified atom stereocenters. The molecule has 0 spiro atoms. The molecule has 312 valence electrons. The molecule has 4 N–H and O–H groups in total. The Hall–Kier alpha value is -2.54. The van der Waals surface area contributed by atoms with Crippen molar-refractivity contribution >= 4 is 11.9 Å². The van der Waals surface area contributed by atoms with Gasteiger partial charge in [0.05, 0.1) is 25.7 Å². The Kier molecular flexibility index (Phi) is 32.0. The molecule has 0 aromatic heterocycles. The van der Waals surface area contributed by atoms with E-state index >= 15 is 0 Å². The lowest BCUT2D eigenvalue weighted by Crippen LogP contribution is -2.59. The molecule has 1 fully saturated rings. The zero-order valence-corrected chi connectivity index (χ0v) is 33.4. The average Bonchev–Trinajstić information content (AvgIpc) is 3.17. The number of hydrogen-bond acceptors (Lipinski definition) is 11. The molecular formula is C43H74O11. The van der Waals surface area contributed by atoms with E-state index in [1.54, 1.807) is 12.5 Å². The lowest BCUT2D eigenvalue weighted by molar-refractivity contribution is -0.305. The highest BCUT2D eigenvalue weighted by Gasteiger charge is 2.44. The van der Waals surface area contributed by atoms with Crippen LogP contribution < -0.4 is 0 Å². The zero-order chi connectivity index (χ0) is 39.5. The molecule has 1 saturated heterocycles. The Bertz CT molecular complexity index is 1020. The van der Waals surface area contributed by atoms with Gasteiger partial charge in [-0.15, -0.1) is 0 Å². The molecule has 0 amide bonds. The highest BCUT2D eigenvalue weighted by atomic mass is 16.7. The number of unbranched alkanes of at least 4 members (excludes halogenated alkanes) is 17. The van der Waals surface area contributed by atoms with E-state index in [-0.39, 0.29) is 26.1 Å². The zero-order valence-electron chi connectivity index (χ0n) is 33.4. The third kappa shape index (κ3) is 26.3. The third-order valence-corrected chi connectivity index (χ3v) is 9.30. The Morgan fingerprint density at radius 1 is 0.630 bits per heavy atom. The first kappa shape index (κ1) is 49.5. The van der Waals surface area contributed by atoms with Crippen LogP contribution in [-0.4, -0.2) is 89.0 Å². The molecule has 1 aliphatic rings. The van der Waals surface area contributed by atoms with Gasteiger partial charge in [-0.3, -0.25) is 9.59 Å². The molecule has 0 bridgehead atoms. The van der Waals surface area contributed by atoms with Crippen molar-refractivity contribution in [3.8, 4) is 0 Å². The predicted octanol–water partition coefficient (Wildman–Crippen LogP) is 8.04. The lowest BCUT2D eigenvalue weighted by atomic mass is 9.99. The molecule has 1 aliphatic heterocycles. The van der Waals surface area contributed by atoms with Gasteiger partial charge in [-0.05, 0) is 44.3 Å². The predicted molar refractivity (Wildman–Crippen MR) is 211 cm³/mol. The molecule has 0 saturated carbocycles. The lowest BCUT2D eigenvalue weighted by Gasteiger charge is -2.39. The minimum Gasteiger partial charge on any atom is -0.473 e. The number of aliphatic hydroxyl groups is 4. The SMILES string of the molecule is CC/C=C\C=C/O/C=C/C=C\CCCCCCCC(=O)OC[C@H](CO[C@@H]1O[C@H](CO)[C@H](O)[C@H](O)[C@H]1O)OC(=O)CCCCCCCCCCCCCCC. The van der Waals surface area contributed by atoms with E-state index in [9.17, 15) is 30.0 Å². The van der Waals surface area contributed by atoms with Gasteiger partial charge in [-0.2, -0.15) is 0 Å². The van der Waals surface area contributed by atoms with Gasteiger partial charge in [0, 0.05) is 12.8 Å². The number of esters is 2. The summed E-state index contributed by atoms with van der Waals surface area (Å²) in [7, 11) is 0. The van der Waals surface area contributed by atoms with Gasteiger partial charge in [-0.25, -0.2) is 0 Å². The molecule has 1 heterocycles. The van der Waals surface area contributed by atoms with Gasteiger partial charge in [0.25, 0.3) is 0 Å². The number of carbonyl (C=O) groups is 2. The summed E-state index contributed by atoms with van der Waals surface area (Å²) < 4.78 is 27.3. The Morgan fingerprint density at radius 2 is 1.17 bits per heavy atom. The van der Waals surface area contributed by atoms with Gasteiger partial charge in [0.1, 0.15) is 31.0 Å². The van der Waals surface area contributed by atoms with E-state index in [0.29, 0.717) is 12.8 Å².